The summed E-state index contributed by atoms with van der Waals surface area (Å²) in [5.41, 5.74) is 5.35. The Balaban J connectivity index is 2.25. The standard InChI is InChI=1S/C7H14FNS/c8-7-5-10-4-2-6(7)1-3-9/h6-7H,1-5,9H2. The Morgan fingerprint density at radius 3 is 3.00 bits per heavy atom. The van der Waals surface area contributed by atoms with Crippen LogP contribution in [0.25, 0.3) is 0 Å². The molecular weight excluding hydrogens is 149 g/mol. The minimum Gasteiger partial charge on any atom is -0.330 e. The van der Waals surface area contributed by atoms with Crippen LogP contribution in [0, 0.1) is 5.92 Å². The summed E-state index contributed by atoms with van der Waals surface area (Å²) in [6, 6.07) is 0. The van der Waals surface area contributed by atoms with E-state index in [4.69, 9.17) is 5.73 Å². The van der Waals surface area contributed by atoms with Crippen molar-refractivity contribution in [1.82, 2.24) is 0 Å². The van der Waals surface area contributed by atoms with E-state index in [9.17, 15) is 4.39 Å². The van der Waals surface area contributed by atoms with E-state index in [1.165, 1.54) is 0 Å². The molecular formula is C7H14FNS. The quantitative estimate of drug-likeness (QED) is 0.666. The summed E-state index contributed by atoms with van der Waals surface area (Å²) < 4.78 is 13.0. The van der Waals surface area contributed by atoms with E-state index in [0.717, 1.165) is 18.6 Å². The molecule has 2 atom stereocenters. The first-order valence-corrected chi connectivity index (χ1v) is 4.92. The largest absolute Gasteiger partial charge is 0.330 e. The molecule has 1 aliphatic heterocycles. The highest BCUT2D eigenvalue weighted by atomic mass is 32.2. The lowest BCUT2D eigenvalue weighted by Gasteiger charge is -2.24. The van der Waals surface area contributed by atoms with Crippen LogP contribution in [0.4, 0.5) is 4.39 Å². The molecule has 0 radical (unpaired) electrons. The number of halogens is 1. The third kappa shape index (κ3) is 2.13. The van der Waals surface area contributed by atoms with Crippen LogP contribution in [0.15, 0.2) is 0 Å². The van der Waals surface area contributed by atoms with Crippen LogP contribution in [0.3, 0.4) is 0 Å². The van der Waals surface area contributed by atoms with Crippen LogP contribution in [0.1, 0.15) is 12.8 Å². The lowest BCUT2D eigenvalue weighted by Crippen LogP contribution is -2.26. The summed E-state index contributed by atoms with van der Waals surface area (Å²) >= 11 is 1.72. The first kappa shape index (κ1) is 8.34. The first-order valence-electron chi connectivity index (χ1n) is 3.76. The summed E-state index contributed by atoms with van der Waals surface area (Å²) in [5.74, 6) is 2.06. The van der Waals surface area contributed by atoms with Gasteiger partial charge in [0.2, 0.25) is 0 Å². The molecule has 1 heterocycles. The molecule has 3 heteroatoms. The Bertz CT molecular complexity index is 97.6. The summed E-state index contributed by atoms with van der Waals surface area (Å²) in [6.07, 6.45) is 1.28. The normalized spacial score (nSPS) is 34.2. The molecule has 0 aromatic heterocycles. The third-order valence-electron chi connectivity index (χ3n) is 1.96. The van der Waals surface area contributed by atoms with E-state index in [0.29, 0.717) is 12.3 Å². The Morgan fingerprint density at radius 2 is 2.40 bits per heavy atom. The molecule has 60 valence electrons. The van der Waals surface area contributed by atoms with E-state index in [-0.39, 0.29) is 5.92 Å². The lowest BCUT2D eigenvalue weighted by molar-refractivity contribution is 0.234. The first-order chi connectivity index (χ1) is 4.84. The Kier molecular flexibility index (Phi) is 3.49. The van der Waals surface area contributed by atoms with Gasteiger partial charge in [-0.2, -0.15) is 11.8 Å². The van der Waals surface area contributed by atoms with Gasteiger partial charge in [0, 0.05) is 5.75 Å². The van der Waals surface area contributed by atoms with Gasteiger partial charge in [-0.3, -0.25) is 0 Å². The molecule has 2 N–H and O–H groups in total. The SMILES string of the molecule is NCCC1CCSCC1F. The fourth-order valence-electron chi connectivity index (χ4n) is 1.29. The third-order valence-corrected chi connectivity index (χ3v) is 3.04. The number of hydrogen-bond acceptors (Lipinski definition) is 2. The van der Waals surface area contributed by atoms with Gasteiger partial charge in [-0.1, -0.05) is 0 Å². The maximum atomic E-state index is 13.0. The van der Waals surface area contributed by atoms with Gasteiger partial charge in [-0.15, -0.1) is 0 Å². The molecule has 1 rings (SSSR count). The molecule has 0 bridgehead atoms. The van der Waals surface area contributed by atoms with E-state index in [1.807, 2.05) is 0 Å². The topological polar surface area (TPSA) is 26.0 Å². The van der Waals surface area contributed by atoms with Crippen molar-refractivity contribution >= 4 is 11.8 Å². The highest BCUT2D eigenvalue weighted by Gasteiger charge is 2.23. The average molecular weight is 163 g/mol. The van der Waals surface area contributed by atoms with Gasteiger partial charge in [0.25, 0.3) is 0 Å². The Morgan fingerprint density at radius 1 is 1.60 bits per heavy atom. The highest BCUT2D eigenvalue weighted by molar-refractivity contribution is 7.99. The van der Waals surface area contributed by atoms with E-state index in [1.54, 1.807) is 11.8 Å². The summed E-state index contributed by atoms with van der Waals surface area (Å²) in [4.78, 5) is 0. The molecule has 0 amide bonds. The highest BCUT2D eigenvalue weighted by Crippen LogP contribution is 2.27. The molecule has 1 fully saturated rings. The minimum absolute atomic E-state index is 0.256. The minimum atomic E-state index is -0.595. The molecule has 0 spiro atoms. The Labute approximate surface area is 65.6 Å². The van der Waals surface area contributed by atoms with Crippen molar-refractivity contribution in [1.29, 1.82) is 0 Å². The number of hydrogen-bond donors (Lipinski definition) is 1. The molecule has 10 heavy (non-hydrogen) atoms. The second-order valence-corrected chi connectivity index (χ2v) is 3.87. The molecule has 0 saturated carbocycles. The zero-order chi connectivity index (χ0) is 7.40. The van der Waals surface area contributed by atoms with Gasteiger partial charge in [0.15, 0.2) is 0 Å². The summed E-state index contributed by atoms with van der Waals surface area (Å²) in [7, 11) is 0. The maximum absolute atomic E-state index is 13.0. The lowest BCUT2D eigenvalue weighted by atomic mass is 9.97. The van der Waals surface area contributed by atoms with Gasteiger partial charge in [0.1, 0.15) is 6.17 Å². The summed E-state index contributed by atoms with van der Waals surface area (Å²) in [6.45, 7) is 0.635. The zero-order valence-corrected chi connectivity index (χ0v) is 6.87. The molecule has 0 aromatic rings. The second-order valence-electron chi connectivity index (χ2n) is 2.72. The van der Waals surface area contributed by atoms with Crippen molar-refractivity contribution in [3.05, 3.63) is 0 Å². The van der Waals surface area contributed by atoms with Crippen LogP contribution >= 0.6 is 11.8 Å². The van der Waals surface area contributed by atoms with Crippen molar-refractivity contribution in [3.8, 4) is 0 Å². The van der Waals surface area contributed by atoms with Crippen molar-refractivity contribution in [2.45, 2.75) is 19.0 Å². The predicted octanol–water partition coefficient (Wildman–Crippen LogP) is 1.43. The molecule has 0 aromatic carbocycles. The number of nitrogens with two attached hydrogens (primary N) is 1. The van der Waals surface area contributed by atoms with E-state index >= 15 is 0 Å². The van der Waals surface area contributed by atoms with Gasteiger partial charge in [-0.05, 0) is 31.1 Å². The van der Waals surface area contributed by atoms with Crippen LogP contribution in [0.2, 0.25) is 0 Å². The van der Waals surface area contributed by atoms with Gasteiger partial charge in [0.05, 0.1) is 0 Å². The molecule has 1 aliphatic rings. The fraction of sp³-hybridized carbons (Fsp3) is 1.00. The van der Waals surface area contributed by atoms with Crippen LogP contribution < -0.4 is 5.73 Å². The Hall–Kier alpha value is 0.240. The monoisotopic (exact) mass is 163 g/mol. The van der Waals surface area contributed by atoms with Gasteiger partial charge < -0.3 is 5.73 Å². The number of alkyl halides is 1. The number of thioether (sulfide) groups is 1. The molecule has 1 nitrogen and oxygen atoms in total. The van der Waals surface area contributed by atoms with Crippen LogP contribution in [-0.2, 0) is 0 Å². The van der Waals surface area contributed by atoms with Crippen LogP contribution in [-0.4, -0.2) is 24.2 Å². The molecule has 2 unspecified atom stereocenters. The molecule has 0 aliphatic carbocycles. The smallest absolute Gasteiger partial charge is 0.112 e. The van der Waals surface area contributed by atoms with Gasteiger partial charge >= 0.3 is 0 Å². The maximum Gasteiger partial charge on any atom is 0.112 e. The fourth-order valence-corrected chi connectivity index (χ4v) is 2.42. The predicted molar refractivity (Wildman–Crippen MR) is 44.0 cm³/mol. The van der Waals surface area contributed by atoms with E-state index < -0.39 is 6.17 Å². The zero-order valence-electron chi connectivity index (χ0n) is 6.05. The van der Waals surface area contributed by atoms with Crippen molar-refractivity contribution < 1.29 is 4.39 Å². The average Bonchev–Trinajstić information content (AvgIpc) is 1.94. The van der Waals surface area contributed by atoms with Crippen molar-refractivity contribution in [2.75, 3.05) is 18.1 Å². The van der Waals surface area contributed by atoms with E-state index in [2.05, 4.69) is 0 Å². The number of rotatable bonds is 2. The molecule has 1 saturated heterocycles. The van der Waals surface area contributed by atoms with Crippen LogP contribution in [0.5, 0.6) is 0 Å². The second kappa shape index (κ2) is 4.19. The van der Waals surface area contributed by atoms with Gasteiger partial charge in [-0.25, -0.2) is 4.39 Å². The van der Waals surface area contributed by atoms with Crippen molar-refractivity contribution in [3.63, 3.8) is 0 Å². The van der Waals surface area contributed by atoms with Crippen molar-refractivity contribution in [2.24, 2.45) is 11.7 Å². The summed E-state index contributed by atoms with van der Waals surface area (Å²) in [5, 5.41) is 0.